The van der Waals surface area contributed by atoms with Crippen molar-refractivity contribution in [1.82, 2.24) is 9.55 Å². The van der Waals surface area contributed by atoms with E-state index in [2.05, 4.69) is 26.1 Å². The molecule has 25 heavy (non-hydrogen) atoms. The minimum absolute atomic E-state index is 0.0286. The monoisotopic (exact) mass is 361 g/mol. The molecule has 4 atom stereocenters. The van der Waals surface area contributed by atoms with Crippen LogP contribution < -0.4 is 11.4 Å². The van der Waals surface area contributed by atoms with Gasteiger partial charge >= 0.3 is 5.69 Å². The Hall–Kier alpha value is -1.56. The number of rotatable bonds is 5. The zero-order valence-electron chi connectivity index (χ0n) is 14.8. The van der Waals surface area contributed by atoms with Gasteiger partial charge in [0.1, 0.15) is 36.8 Å². The number of anilines is 1. The molecule has 1 aromatic heterocycles. The molecule has 1 aliphatic rings. The van der Waals surface area contributed by atoms with Gasteiger partial charge in [-0.05, 0) is 6.07 Å². The number of nitrogen functional groups attached to an aromatic ring is 1. The molecule has 2 rings (SSSR count). The Morgan fingerprint density at radius 1 is 1.24 bits per heavy atom. The second kappa shape index (κ2) is 9.22. The standard InChI is InChI=1S/C10H15N3O5.C5H14NO/c11-7-1-2-13(10(17)12-7)3-5-8(15)9(16)6(4-14)18-5;1-6(2,3)4-5-7/h1-2,5-6,8-9,14-16H,3-4H2,(H2,11,12,17);7H,4-5H2,1-3H3/q;+1/t5-,6+,8-,9+;/m0./s1. The summed E-state index contributed by atoms with van der Waals surface area (Å²) < 4.78 is 7.32. The Morgan fingerprint density at radius 2 is 1.84 bits per heavy atom. The third-order valence-corrected chi connectivity index (χ3v) is 3.68. The molecular formula is C15H29N4O6+. The molecule has 0 saturated carbocycles. The maximum Gasteiger partial charge on any atom is 0.349 e. The van der Waals surface area contributed by atoms with Crippen molar-refractivity contribution in [2.24, 2.45) is 0 Å². The average molecular weight is 361 g/mol. The molecule has 6 N–H and O–H groups in total. The number of quaternary nitrogens is 1. The van der Waals surface area contributed by atoms with E-state index in [1.807, 2.05) is 0 Å². The summed E-state index contributed by atoms with van der Waals surface area (Å²) >= 11 is 0. The second-order valence-corrected chi connectivity index (χ2v) is 6.90. The molecule has 0 unspecified atom stereocenters. The second-order valence-electron chi connectivity index (χ2n) is 6.90. The summed E-state index contributed by atoms with van der Waals surface area (Å²) in [5.74, 6) is 0.109. The lowest BCUT2D eigenvalue weighted by Gasteiger charge is -2.21. The molecule has 0 radical (unpaired) electrons. The van der Waals surface area contributed by atoms with Crippen LogP contribution in [0, 0.1) is 0 Å². The highest BCUT2D eigenvalue weighted by Gasteiger charge is 2.42. The Kier molecular flexibility index (Phi) is 7.93. The van der Waals surface area contributed by atoms with Crippen molar-refractivity contribution in [1.29, 1.82) is 0 Å². The zero-order valence-corrected chi connectivity index (χ0v) is 14.8. The molecule has 0 amide bonds. The highest BCUT2D eigenvalue weighted by Crippen LogP contribution is 2.21. The fraction of sp³-hybridized carbons (Fsp3) is 0.733. The van der Waals surface area contributed by atoms with Crippen LogP contribution in [0.5, 0.6) is 0 Å². The van der Waals surface area contributed by atoms with Crippen molar-refractivity contribution in [2.75, 3.05) is 46.6 Å². The van der Waals surface area contributed by atoms with Crippen LogP contribution in [0.3, 0.4) is 0 Å². The summed E-state index contributed by atoms with van der Waals surface area (Å²) in [5.41, 5.74) is 4.79. The van der Waals surface area contributed by atoms with E-state index in [9.17, 15) is 15.0 Å². The normalized spacial score (nSPS) is 26.2. The van der Waals surface area contributed by atoms with Gasteiger partial charge in [-0.3, -0.25) is 4.57 Å². The maximum atomic E-state index is 11.5. The molecular weight excluding hydrogens is 332 g/mol. The largest absolute Gasteiger partial charge is 0.394 e. The smallest absolute Gasteiger partial charge is 0.349 e. The van der Waals surface area contributed by atoms with E-state index in [0.29, 0.717) is 0 Å². The van der Waals surface area contributed by atoms with Crippen LogP contribution in [0.25, 0.3) is 0 Å². The topological polar surface area (TPSA) is 151 Å². The number of hydrogen-bond donors (Lipinski definition) is 5. The molecule has 0 aromatic carbocycles. The van der Waals surface area contributed by atoms with E-state index in [1.54, 1.807) is 0 Å². The van der Waals surface area contributed by atoms with Crippen LogP contribution in [0.15, 0.2) is 17.1 Å². The minimum atomic E-state index is -1.17. The Labute approximate surface area is 146 Å². The molecule has 1 fully saturated rings. The van der Waals surface area contributed by atoms with Gasteiger partial charge in [0, 0.05) is 6.20 Å². The van der Waals surface area contributed by atoms with Gasteiger partial charge in [-0.25, -0.2) is 4.79 Å². The molecule has 2 heterocycles. The predicted molar refractivity (Wildman–Crippen MR) is 90.7 cm³/mol. The summed E-state index contributed by atoms with van der Waals surface area (Å²) in [6.45, 7) is 0.744. The van der Waals surface area contributed by atoms with Crippen molar-refractivity contribution in [3.8, 4) is 0 Å². The lowest BCUT2D eigenvalue weighted by Crippen LogP contribution is -2.37. The van der Waals surface area contributed by atoms with Crippen molar-refractivity contribution in [3.05, 3.63) is 22.7 Å². The van der Waals surface area contributed by atoms with Gasteiger partial charge in [-0.1, -0.05) is 0 Å². The number of aliphatic hydroxyl groups excluding tert-OH is 4. The minimum Gasteiger partial charge on any atom is -0.394 e. The molecule has 0 spiro atoms. The van der Waals surface area contributed by atoms with Crippen LogP contribution in [-0.4, -0.2) is 99.8 Å². The Balaban J connectivity index is 0.000000381. The third-order valence-electron chi connectivity index (χ3n) is 3.68. The molecule has 1 aliphatic heterocycles. The van der Waals surface area contributed by atoms with E-state index in [4.69, 9.17) is 20.7 Å². The zero-order chi connectivity index (χ0) is 19.2. The van der Waals surface area contributed by atoms with Gasteiger partial charge in [-0.15, -0.1) is 0 Å². The van der Waals surface area contributed by atoms with Crippen LogP contribution in [0.1, 0.15) is 0 Å². The lowest BCUT2D eigenvalue weighted by molar-refractivity contribution is -0.870. The summed E-state index contributed by atoms with van der Waals surface area (Å²) in [7, 11) is 6.16. The van der Waals surface area contributed by atoms with Crippen LogP contribution in [-0.2, 0) is 11.3 Å². The fourth-order valence-electron chi connectivity index (χ4n) is 2.20. The first-order valence-electron chi connectivity index (χ1n) is 7.95. The number of nitrogens with two attached hydrogens (primary N) is 1. The van der Waals surface area contributed by atoms with Crippen LogP contribution in [0.4, 0.5) is 5.82 Å². The SMILES string of the molecule is C[N+](C)(C)CCO.Nc1ccn(C[C@@H]2O[C@H](CO)[C@@H](O)[C@H]2O)c(=O)n1. The van der Waals surface area contributed by atoms with Gasteiger partial charge in [0.15, 0.2) is 0 Å². The number of ether oxygens (including phenoxy) is 1. The number of aromatic nitrogens is 2. The highest BCUT2D eigenvalue weighted by molar-refractivity contribution is 5.23. The molecule has 10 nitrogen and oxygen atoms in total. The molecule has 0 bridgehead atoms. The Bertz CT molecular complexity index is 588. The molecule has 10 heteroatoms. The van der Waals surface area contributed by atoms with Crippen molar-refractivity contribution >= 4 is 5.82 Å². The van der Waals surface area contributed by atoms with Crippen molar-refractivity contribution < 1.29 is 29.6 Å². The average Bonchev–Trinajstić information content (AvgIpc) is 2.77. The van der Waals surface area contributed by atoms with Crippen molar-refractivity contribution in [2.45, 2.75) is 31.0 Å². The van der Waals surface area contributed by atoms with E-state index in [-0.39, 0.29) is 19.0 Å². The molecule has 0 aliphatic carbocycles. The Morgan fingerprint density at radius 3 is 2.24 bits per heavy atom. The number of aliphatic hydroxyl groups is 4. The van der Waals surface area contributed by atoms with Gasteiger partial charge in [0.2, 0.25) is 0 Å². The maximum absolute atomic E-state index is 11.5. The molecule has 144 valence electrons. The summed E-state index contributed by atoms with van der Waals surface area (Å²) in [4.78, 5) is 15.0. The number of hydrogen-bond acceptors (Lipinski definition) is 8. The van der Waals surface area contributed by atoms with Crippen LogP contribution in [0.2, 0.25) is 0 Å². The number of likely N-dealkylation sites (N-methyl/N-ethyl adjacent to an activating group) is 1. The predicted octanol–water partition coefficient (Wildman–Crippen LogP) is -3.01. The van der Waals surface area contributed by atoms with Crippen LogP contribution >= 0.6 is 0 Å². The van der Waals surface area contributed by atoms with E-state index in [1.165, 1.54) is 16.8 Å². The van der Waals surface area contributed by atoms with Gasteiger partial charge in [-0.2, -0.15) is 4.98 Å². The van der Waals surface area contributed by atoms with Gasteiger partial charge in [0.25, 0.3) is 0 Å². The first-order chi connectivity index (χ1) is 11.6. The first kappa shape index (κ1) is 21.5. The molecule has 1 aromatic rings. The van der Waals surface area contributed by atoms with E-state index < -0.39 is 36.7 Å². The third kappa shape index (κ3) is 6.69. The van der Waals surface area contributed by atoms with Gasteiger partial charge < -0.3 is 35.4 Å². The fourth-order valence-corrected chi connectivity index (χ4v) is 2.20. The first-order valence-corrected chi connectivity index (χ1v) is 7.95. The lowest BCUT2D eigenvalue weighted by atomic mass is 10.1. The molecule has 1 saturated heterocycles. The summed E-state index contributed by atoms with van der Waals surface area (Å²) in [5, 5.41) is 36.6. The van der Waals surface area contributed by atoms with Crippen molar-refractivity contribution in [3.63, 3.8) is 0 Å². The summed E-state index contributed by atoms with van der Waals surface area (Å²) in [6, 6.07) is 1.45. The van der Waals surface area contributed by atoms with E-state index in [0.717, 1.165) is 11.0 Å². The van der Waals surface area contributed by atoms with E-state index >= 15 is 0 Å². The summed E-state index contributed by atoms with van der Waals surface area (Å²) in [6.07, 6.45) is -2.52. The number of nitrogens with zero attached hydrogens (tertiary/aromatic N) is 3. The van der Waals surface area contributed by atoms with Gasteiger partial charge in [0.05, 0.1) is 40.9 Å². The quantitative estimate of drug-likeness (QED) is 0.348. The highest BCUT2D eigenvalue weighted by atomic mass is 16.6.